The van der Waals surface area contributed by atoms with Crippen LogP contribution >= 0.6 is 12.2 Å². The molecule has 0 saturated heterocycles. The first kappa shape index (κ1) is 13.8. The summed E-state index contributed by atoms with van der Waals surface area (Å²) >= 11 is 5.40. The van der Waals surface area contributed by atoms with Gasteiger partial charge in [0.15, 0.2) is 0 Å². The van der Waals surface area contributed by atoms with Gasteiger partial charge in [-0.15, -0.1) is 0 Å². The molecule has 0 aromatic heterocycles. The van der Waals surface area contributed by atoms with E-state index in [4.69, 9.17) is 12.2 Å². The van der Waals surface area contributed by atoms with Crippen molar-refractivity contribution >= 4 is 17.2 Å². The van der Waals surface area contributed by atoms with Gasteiger partial charge >= 0.3 is 0 Å². The molecule has 1 N–H and O–H groups in total. The van der Waals surface area contributed by atoms with Crippen molar-refractivity contribution in [2.75, 3.05) is 6.54 Å². The molecule has 0 spiro atoms. The summed E-state index contributed by atoms with van der Waals surface area (Å²) in [5, 5.41) is 3.32. The zero-order valence-corrected chi connectivity index (χ0v) is 12.0. The van der Waals surface area contributed by atoms with Crippen molar-refractivity contribution in [2.45, 2.75) is 19.8 Å². The van der Waals surface area contributed by atoms with Crippen LogP contribution in [0.4, 0.5) is 0 Å². The zero-order valence-electron chi connectivity index (χ0n) is 11.2. The van der Waals surface area contributed by atoms with Crippen molar-refractivity contribution in [1.82, 2.24) is 5.32 Å². The van der Waals surface area contributed by atoms with Crippen molar-refractivity contribution in [3.63, 3.8) is 0 Å². The minimum atomic E-state index is 0.832. The number of nitrogens with one attached hydrogen (secondary N) is 1. The van der Waals surface area contributed by atoms with Crippen LogP contribution in [0.5, 0.6) is 0 Å². The zero-order chi connectivity index (χ0) is 13.5. The monoisotopic (exact) mass is 269 g/mol. The smallest absolute Gasteiger partial charge is 0.106 e. The fourth-order valence-electron chi connectivity index (χ4n) is 1.96. The Labute approximate surface area is 120 Å². The molecule has 0 aliphatic heterocycles. The van der Waals surface area contributed by atoms with Crippen LogP contribution in [0.25, 0.3) is 0 Å². The van der Waals surface area contributed by atoms with E-state index in [2.05, 4.69) is 60.8 Å². The van der Waals surface area contributed by atoms with Crippen LogP contribution in [-0.4, -0.2) is 11.5 Å². The van der Waals surface area contributed by atoms with Gasteiger partial charge in [0.25, 0.3) is 0 Å². The van der Waals surface area contributed by atoms with Gasteiger partial charge in [-0.1, -0.05) is 73.7 Å². The number of rotatable bonds is 5. The number of aryl methyl sites for hydroxylation is 1. The molecule has 2 rings (SSSR count). The highest BCUT2D eigenvalue weighted by molar-refractivity contribution is 7.80. The fraction of sp³-hybridized carbons (Fsp3) is 0.235. The van der Waals surface area contributed by atoms with Gasteiger partial charge in [-0.25, -0.2) is 0 Å². The molecule has 2 heteroatoms. The maximum atomic E-state index is 5.40. The second-order valence-corrected chi connectivity index (χ2v) is 4.95. The third kappa shape index (κ3) is 4.18. The number of thiocarbonyl (C=S) groups is 1. The normalized spacial score (nSPS) is 10.2. The van der Waals surface area contributed by atoms with Gasteiger partial charge in [-0.2, -0.15) is 0 Å². The Hall–Kier alpha value is -1.67. The van der Waals surface area contributed by atoms with Crippen LogP contribution < -0.4 is 5.32 Å². The van der Waals surface area contributed by atoms with Crippen molar-refractivity contribution < 1.29 is 0 Å². The predicted molar refractivity (Wildman–Crippen MR) is 85.7 cm³/mol. The van der Waals surface area contributed by atoms with E-state index in [1.807, 2.05) is 6.07 Å². The molecule has 2 aromatic carbocycles. The Morgan fingerprint density at radius 3 is 2.26 bits per heavy atom. The van der Waals surface area contributed by atoms with Gasteiger partial charge in [0, 0.05) is 12.1 Å². The lowest BCUT2D eigenvalue weighted by molar-refractivity contribution is 0.875. The SMILES string of the molecule is CCc1ccc(C(=S)NCCc2ccccc2)cc1. The molecule has 0 heterocycles. The van der Waals surface area contributed by atoms with Crippen molar-refractivity contribution in [3.05, 3.63) is 71.3 Å². The van der Waals surface area contributed by atoms with E-state index in [0.717, 1.165) is 29.9 Å². The first-order chi connectivity index (χ1) is 9.29. The summed E-state index contributed by atoms with van der Waals surface area (Å²) in [4.78, 5) is 0.832. The van der Waals surface area contributed by atoms with E-state index in [1.54, 1.807) is 0 Å². The van der Waals surface area contributed by atoms with Crippen LogP contribution in [0.15, 0.2) is 54.6 Å². The van der Waals surface area contributed by atoms with E-state index in [1.165, 1.54) is 11.1 Å². The van der Waals surface area contributed by atoms with E-state index in [-0.39, 0.29) is 0 Å². The number of benzene rings is 2. The quantitative estimate of drug-likeness (QED) is 0.830. The summed E-state index contributed by atoms with van der Waals surface area (Å²) in [7, 11) is 0. The van der Waals surface area contributed by atoms with E-state index >= 15 is 0 Å². The van der Waals surface area contributed by atoms with Gasteiger partial charge in [-0.3, -0.25) is 0 Å². The molecule has 0 bridgehead atoms. The lowest BCUT2D eigenvalue weighted by atomic mass is 10.1. The maximum absolute atomic E-state index is 5.40. The van der Waals surface area contributed by atoms with Crippen LogP contribution in [0.3, 0.4) is 0 Å². The molecule has 0 aliphatic rings. The predicted octanol–water partition coefficient (Wildman–Crippen LogP) is 3.76. The summed E-state index contributed by atoms with van der Waals surface area (Å²) in [6.45, 7) is 3.03. The molecule has 0 saturated carbocycles. The largest absolute Gasteiger partial charge is 0.375 e. The fourth-order valence-corrected chi connectivity index (χ4v) is 2.20. The lowest BCUT2D eigenvalue weighted by Gasteiger charge is -2.08. The molecular weight excluding hydrogens is 250 g/mol. The van der Waals surface area contributed by atoms with E-state index in [0.29, 0.717) is 0 Å². The minimum absolute atomic E-state index is 0.832. The van der Waals surface area contributed by atoms with E-state index in [9.17, 15) is 0 Å². The Kier molecular flexibility index (Phi) is 5.10. The Morgan fingerprint density at radius 1 is 0.947 bits per heavy atom. The summed E-state index contributed by atoms with van der Waals surface area (Å²) in [6.07, 6.45) is 2.06. The van der Waals surface area contributed by atoms with Crippen LogP contribution in [-0.2, 0) is 12.8 Å². The molecule has 0 aliphatic carbocycles. The number of hydrogen-bond donors (Lipinski definition) is 1. The second-order valence-electron chi connectivity index (χ2n) is 4.54. The summed E-state index contributed by atoms with van der Waals surface area (Å²) < 4.78 is 0. The molecule has 0 fully saturated rings. The van der Waals surface area contributed by atoms with Crippen LogP contribution in [0, 0.1) is 0 Å². The van der Waals surface area contributed by atoms with Gasteiger partial charge < -0.3 is 5.32 Å². The van der Waals surface area contributed by atoms with Crippen molar-refractivity contribution in [1.29, 1.82) is 0 Å². The molecule has 0 atom stereocenters. The van der Waals surface area contributed by atoms with E-state index < -0.39 is 0 Å². The average molecular weight is 269 g/mol. The molecule has 0 radical (unpaired) electrons. The highest BCUT2D eigenvalue weighted by Gasteiger charge is 2.00. The third-order valence-electron chi connectivity index (χ3n) is 3.17. The van der Waals surface area contributed by atoms with Gasteiger partial charge in [-0.05, 0) is 24.0 Å². The molecule has 2 aromatic rings. The first-order valence-electron chi connectivity index (χ1n) is 6.70. The topological polar surface area (TPSA) is 12.0 Å². The van der Waals surface area contributed by atoms with Crippen LogP contribution in [0.2, 0.25) is 0 Å². The van der Waals surface area contributed by atoms with Gasteiger partial charge in [0.05, 0.1) is 0 Å². The highest BCUT2D eigenvalue weighted by Crippen LogP contribution is 2.06. The molecule has 98 valence electrons. The standard InChI is InChI=1S/C17H19NS/c1-2-14-8-10-16(11-9-14)17(19)18-13-12-15-6-4-3-5-7-15/h3-11H,2,12-13H2,1H3,(H,18,19). The van der Waals surface area contributed by atoms with Crippen molar-refractivity contribution in [2.24, 2.45) is 0 Å². The Morgan fingerprint density at radius 2 is 1.63 bits per heavy atom. The van der Waals surface area contributed by atoms with Crippen LogP contribution in [0.1, 0.15) is 23.6 Å². The van der Waals surface area contributed by atoms with Crippen molar-refractivity contribution in [3.8, 4) is 0 Å². The lowest BCUT2D eigenvalue weighted by Crippen LogP contribution is -2.24. The average Bonchev–Trinajstić information content (AvgIpc) is 2.48. The molecule has 19 heavy (non-hydrogen) atoms. The Balaban J connectivity index is 1.84. The number of hydrogen-bond acceptors (Lipinski definition) is 1. The molecule has 0 unspecified atom stereocenters. The highest BCUT2D eigenvalue weighted by atomic mass is 32.1. The molecule has 1 nitrogen and oxygen atoms in total. The first-order valence-corrected chi connectivity index (χ1v) is 7.11. The third-order valence-corrected chi connectivity index (χ3v) is 3.55. The van der Waals surface area contributed by atoms with Gasteiger partial charge in [0.2, 0.25) is 0 Å². The summed E-state index contributed by atoms with van der Waals surface area (Å²) in [6, 6.07) is 18.9. The maximum Gasteiger partial charge on any atom is 0.106 e. The summed E-state index contributed by atoms with van der Waals surface area (Å²) in [5.74, 6) is 0. The Bertz CT molecular complexity index is 517. The second kappa shape index (κ2) is 7.05. The molecular formula is C17H19NS. The molecule has 0 amide bonds. The van der Waals surface area contributed by atoms with Gasteiger partial charge in [0.1, 0.15) is 4.99 Å². The minimum Gasteiger partial charge on any atom is -0.375 e. The summed E-state index contributed by atoms with van der Waals surface area (Å²) in [5.41, 5.74) is 3.77.